The summed E-state index contributed by atoms with van der Waals surface area (Å²) in [5.41, 5.74) is 16.0. The fourth-order valence-corrected chi connectivity index (χ4v) is 7.25. The van der Waals surface area contributed by atoms with Gasteiger partial charge in [0, 0.05) is 27.5 Å². The van der Waals surface area contributed by atoms with Gasteiger partial charge in [-0.3, -0.25) is 0 Å². The van der Waals surface area contributed by atoms with Crippen molar-refractivity contribution in [1.82, 2.24) is 4.57 Å². The van der Waals surface area contributed by atoms with E-state index in [1.807, 2.05) is 18.2 Å². The smallest absolute Gasteiger partial charge is 0.198 e. The van der Waals surface area contributed by atoms with Crippen molar-refractivity contribution in [3.05, 3.63) is 126 Å². The number of ether oxygens (including phenoxy) is 1. The van der Waals surface area contributed by atoms with Crippen LogP contribution in [0, 0.1) is 13.8 Å². The number of aromatic nitrogens is 1. The van der Waals surface area contributed by atoms with Crippen LogP contribution in [0.5, 0.6) is 11.5 Å². The van der Waals surface area contributed by atoms with Crippen molar-refractivity contribution in [2.45, 2.75) is 13.8 Å². The van der Waals surface area contributed by atoms with E-state index in [0.29, 0.717) is 0 Å². The van der Waals surface area contributed by atoms with E-state index in [0.717, 1.165) is 35.7 Å². The molecule has 0 amide bonds. The van der Waals surface area contributed by atoms with Crippen LogP contribution in [0.25, 0.3) is 49.7 Å². The number of benzene rings is 6. The predicted octanol–water partition coefficient (Wildman–Crippen LogP) is 8.28. The van der Waals surface area contributed by atoms with Crippen molar-refractivity contribution in [3.63, 3.8) is 0 Å². The molecular formula is C38H27BN2O. The number of para-hydroxylation sites is 5. The number of anilines is 2. The van der Waals surface area contributed by atoms with E-state index in [1.54, 1.807) is 0 Å². The van der Waals surface area contributed by atoms with Crippen LogP contribution in [-0.4, -0.2) is 11.8 Å². The summed E-state index contributed by atoms with van der Waals surface area (Å²) in [6.45, 7) is 4.44. The van der Waals surface area contributed by atoms with Gasteiger partial charge in [-0.05, 0) is 83.5 Å². The monoisotopic (exact) mass is 538 g/mol. The Morgan fingerprint density at radius 2 is 1.40 bits per heavy atom. The summed E-state index contributed by atoms with van der Waals surface area (Å²) >= 11 is 0. The largest absolute Gasteiger partial charge is 0.453 e. The van der Waals surface area contributed by atoms with E-state index in [9.17, 15) is 0 Å². The van der Waals surface area contributed by atoms with Crippen LogP contribution >= 0.6 is 0 Å². The van der Waals surface area contributed by atoms with Crippen LogP contribution in [0.1, 0.15) is 11.1 Å². The Bertz CT molecular complexity index is 2240. The van der Waals surface area contributed by atoms with Crippen molar-refractivity contribution < 1.29 is 4.74 Å². The third-order valence-electron chi connectivity index (χ3n) is 9.07. The van der Waals surface area contributed by atoms with Crippen molar-refractivity contribution in [1.29, 1.82) is 0 Å². The third kappa shape index (κ3) is 3.24. The van der Waals surface area contributed by atoms with Gasteiger partial charge in [-0.1, -0.05) is 84.3 Å². The van der Waals surface area contributed by atoms with Gasteiger partial charge in [0.1, 0.15) is 0 Å². The number of rotatable bonds is 2. The minimum Gasteiger partial charge on any atom is -0.453 e. The second kappa shape index (κ2) is 8.64. The Hall–Kier alpha value is -5.22. The van der Waals surface area contributed by atoms with E-state index >= 15 is 0 Å². The molecule has 0 fully saturated rings. The first-order valence-electron chi connectivity index (χ1n) is 14.6. The first-order chi connectivity index (χ1) is 20.7. The average molecular weight is 538 g/mol. The molecule has 0 atom stereocenters. The van der Waals surface area contributed by atoms with Crippen LogP contribution in [0.4, 0.5) is 11.4 Å². The minimum absolute atomic E-state index is 0.849. The van der Waals surface area contributed by atoms with E-state index in [4.69, 9.17) is 4.74 Å². The van der Waals surface area contributed by atoms with Crippen molar-refractivity contribution in [3.8, 4) is 39.4 Å². The highest BCUT2D eigenvalue weighted by atomic mass is 16.5. The van der Waals surface area contributed by atoms with Crippen molar-refractivity contribution in [2.24, 2.45) is 0 Å². The molecule has 1 aromatic heterocycles. The van der Waals surface area contributed by atoms with Gasteiger partial charge in [0.25, 0.3) is 0 Å². The highest BCUT2D eigenvalue weighted by Crippen LogP contribution is 2.47. The normalized spacial score (nSPS) is 12.6. The molecule has 3 nitrogen and oxygen atoms in total. The quantitative estimate of drug-likeness (QED) is 0.224. The fourth-order valence-electron chi connectivity index (χ4n) is 7.25. The summed E-state index contributed by atoms with van der Waals surface area (Å²) < 4.78 is 8.93. The maximum atomic E-state index is 6.42. The SMILES string of the molecule is Cc1cccc(C)c1-c1cc(-c2cccc3c2Nc2ccccc2O3)c2c(c1)-n1c3ccccc3c3cccc(c31)B2. The molecule has 3 heterocycles. The van der Waals surface area contributed by atoms with Crippen LogP contribution in [0.15, 0.2) is 115 Å². The molecule has 2 aliphatic heterocycles. The zero-order chi connectivity index (χ0) is 27.9. The minimum atomic E-state index is 0.849. The Labute approximate surface area is 245 Å². The number of fused-ring (bicyclic) bond motifs is 7. The summed E-state index contributed by atoms with van der Waals surface area (Å²) in [7, 11) is 0.868. The van der Waals surface area contributed by atoms with Gasteiger partial charge in [-0.2, -0.15) is 0 Å². The van der Waals surface area contributed by atoms with Crippen LogP contribution < -0.4 is 21.0 Å². The van der Waals surface area contributed by atoms with E-state index < -0.39 is 0 Å². The molecule has 0 saturated heterocycles. The number of nitrogens with zero attached hydrogens (tertiary/aromatic N) is 1. The number of aryl methyl sites for hydroxylation is 2. The summed E-state index contributed by atoms with van der Waals surface area (Å²) in [6, 6.07) is 41.6. The van der Waals surface area contributed by atoms with Gasteiger partial charge in [0.05, 0.1) is 16.9 Å². The molecule has 2 aliphatic rings. The van der Waals surface area contributed by atoms with Gasteiger partial charge in [-0.15, -0.1) is 0 Å². The molecule has 9 rings (SSSR count). The molecule has 198 valence electrons. The molecule has 0 aliphatic carbocycles. The molecule has 6 aromatic carbocycles. The zero-order valence-electron chi connectivity index (χ0n) is 23.5. The number of hydrogen-bond acceptors (Lipinski definition) is 2. The summed E-state index contributed by atoms with van der Waals surface area (Å²) in [5.74, 6) is 1.70. The fraction of sp³-hybridized carbons (Fsp3) is 0.0526. The van der Waals surface area contributed by atoms with E-state index in [2.05, 4.69) is 121 Å². The Morgan fingerprint density at radius 1 is 0.667 bits per heavy atom. The first kappa shape index (κ1) is 23.5. The summed E-state index contributed by atoms with van der Waals surface area (Å²) in [5, 5.41) is 6.34. The second-order valence-electron chi connectivity index (χ2n) is 11.5. The van der Waals surface area contributed by atoms with Crippen LogP contribution in [0.2, 0.25) is 0 Å². The molecule has 7 aromatic rings. The van der Waals surface area contributed by atoms with Gasteiger partial charge < -0.3 is 14.6 Å². The molecule has 0 radical (unpaired) electrons. The molecule has 1 N–H and O–H groups in total. The average Bonchev–Trinajstić information content (AvgIpc) is 3.36. The topological polar surface area (TPSA) is 26.2 Å². The lowest BCUT2D eigenvalue weighted by molar-refractivity contribution is 0.481. The maximum Gasteiger partial charge on any atom is 0.198 e. The maximum absolute atomic E-state index is 6.42. The van der Waals surface area contributed by atoms with Gasteiger partial charge in [0.15, 0.2) is 18.8 Å². The molecule has 0 saturated carbocycles. The molecular weight excluding hydrogens is 511 g/mol. The zero-order valence-corrected chi connectivity index (χ0v) is 23.5. The van der Waals surface area contributed by atoms with Gasteiger partial charge in [-0.25, -0.2) is 0 Å². The summed E-state index contributed by atoms with van der Waals surface area (Å²) in [4.78, 5) is 0. The highest BCUT2D eigenvalue weighted by Gasteiger charge is 2.28. The lowest BCUT2D eigenvalue weighted by Gasteiger charge is -2.28. The highest BCUT2D eigenvalue weighted by molar-refractivity contribution is 6.73. The molecule has 0 bridgehead atoms. The Balaban J connectivity index is 1.39. The Kier molecular flexibility index (Phi) is 4.83. The standard InChI is InChI=1S/C38H27BN2O/c1-22-10-7-11-23(2)35(22)24-20-28(26-13-9-19-34-37(26)40-30-16-4-6-18-33(30)42-34)36-32(21-24)41-31-17-5-3-12-25(31)27-14-8-15-29(39-36)38(27)41/h3-21,39-40H,1-2H3. The molecule has 4 heteroatoms. The third-order valence-corrected chi connectivity index (χ3v) is 9.07. The van der Waals surface area contributed by atoms with Crippen molar-refractivity contribution in [2.75, 3.05) is 5.32 Å². The summed E-state index contributed by atoms with van der Waals surface area (Å²) in [6.07, 6.45) is 0. The molecule has 42 heavy (non-hydrogen) atoms. The number of nitrogens with one attached hydrogen (secondary N) is 1. The van der Waals surface area contributed by atoms with E-state index in [1.165, 1.54) is 66.2 Å². The number of hydrogen-bond donors (Lipinski definition) is 1. The van der Waals surface area contributed by atoms with Crippen LogP contribution in [-0.2, 0) is 0 Å². The van der Waals surface area contributed by atoms with Gasteiger partial charge in [0.2, 0.25) is 0 Å². The lowest BCUT2D eigenvalue weighted by atomic mass is 9.58. The second-order valence-corrected chi connectivity index (χ2v) is 11.5. The van der Waals surface area contributed by atoms with Gasteiger partial charge >= 0.3 is 0 Å². The lowest BCUT2D eigenvalue weighted by Crippen LogP contribution is -2.37. The molecule has 0 spiro atoms. The molecule has 0 unspecified atom stereocenters. The van der Waals surface area contributed by atoms with Crippen LogP contribution in [0.3, 0.4) is 0 Å². The van der Waals surface area contributed by atoms with Crippen molar-refractivity contribution >= 4 is 51.4 Å². The Morgan fingerprint density at radius 3 is 2.31 bits per heavy atom. The first-order valence-corrected chi connectivity index (χ1v) is 14.6. The van der Waals surface area contributed by atoms with E-state index in [-0.39, 0.29) is 0 Å². The predicted molar refractivity (Wildman–Crippen MR) is 177 cm³/mol.